The van der Waals surface area contributed by atoms with Gasteiger partial charge in [0.1, 0.15) is 17.5 Å². The standard InChI is InChI=1S/C13H15FN4/c14-11-4-2-1-3-9(11)7-13-17-16-12-6-5-10(15)8-18(12)13/h1-4,10H,5-8,15H2. The number of rotatable bonds is 2. The second-order valence-corrected chi connectivity index (χ2v) is 4.71. The summed E-state index contributed by atoms with van der Waals surface area (Å²) in [5.74, 6) is 1.56. The molecule has 1 aromatic heterocycles. The summed E-state index contributed by atoms with van der Waals surface area (Å²) in [6.45, 7) is 0.728. The molecule has 0 fully saturated rings. The lowest BCUT2D eigenvalue weighted by molar-refractivity contribution is 0.445. The highest BCUT2D eigenvalue weighted by Gasteiger charge is 2.20. The molecule has 0 bridgehead atoms. The average molecular weight is 246 g/mol. The number of nitrogens with zero attached hydrogens (tertiary/aromatic N) is 3. The summed E-state index contributed by atoms with van der Waals surface area (Å²) in [5, 5.41) is 8.31. The van der Waals surface area contributed by atoms with Crippen LogP contribution in [0.3, 0.4) is 0 Å². The summed E-state index contributed by atoms with van der Waals surface area (Å²) in [6, 6.07) is 6.91. The highest BCUT2D eigenvalue weighted by molar-refractivity contribution is 5.21. The van der Waals surface area contributed by atoms with Gasteiger partial charge in [-0.05, 0) is 18.1 Å². The number of hydrogen-bond acceptors (Lipinski definition) is 3. The van der Waals surface area contributed by atoms with Crippen molar-refractivity contribution >= 4 is 0 Å². The van der Waals surface area contributed by atoms with Crippen LogP contribution in [0.25, 0.3) is 0 Å². The van der Waals surface area contributed by atoms with E-state index in [1.54, 1.807) is 12.1 Å². The van der Waals surface area contributed by atoms with Gasteiger partial charge in [0.15, 0.2) is 0 Å². The van der Waals surface area contributed by atoms with Gasteiger partial charge in [0.2, 0.25) is 0 Å². The molecule has 0 aliphatic carbocycles. The summed E-state index contributed by atoms with van der Waals surface area (Å²) in [7, 11) is 0. The monoisotopic (exact) mass is 246 g/mol. The maximum atomic E-state index is 13.6. The fourth-order valence-electron chi connectivity index (χ4n) is 2.35. The van der Waals surface area contributed by atoms with Crippen LogP contribution in [0.4, 0.5) is 4.39 Å². The molecule has 0 spiro atoms. The first-order valence-electron chi connectivity index (χ1n) is 6.14. The average Bonchev–Trinajstić information content (AvgIpc) is 2.75. The molecule has 5 heteroatoms. The highest BCUT2D eigenvalue weighted by atomic mass is 19.1. The number of fused-ring (bicyclic) bond motifs is 1. The van der Waals surface area contributed by atoms with Crippen molar-refractivity contribution in [3.05, 3.63) is 47.3 Å². The predicted octanol–water partition coefficient (Wildman–Crippen LogP) is 1.28. The van der Waals surface area contributed by atoms with E-state index in [-0.39, 0.29) is 11.9 Å². The van der Waals surface area contributed by atoms with E-state index in [4.69, 9.17) is 5.73 Å². The molecule has 3 rings (SSSR count). The largest absolute Gasteiger partial charge is 0.326 e. The predicted molar refractivity (Wildman–Crippen MR) is 65.5 cm³/mol. The smallest absolute Gasteiger partial charge is 0.137 e. The zero-order valence-corrected chi connectivity index (χ0v) is 10.0. The summed E-state index contributed by atoms with van der Waals surface area (Å²) >= 11 is 0. The third-order valence-corrected chi connectivity index (χ3v) is 3.37. The van der Waals surface area contributed by atoms with Crippen molar-refractivity contribution in [3.63, 3.8) is 0 Å². The molecule has 0 saturated heterocycles. The van der Waals surface area contributed by atoms with Gasteiger partial charge in [0, 0.05) is 25.4 Å². The second-order valence-electron chi connectivity index (χ2n) is 4.71. The quantitative estimate of drug-likeness (QED) is 0.868. The van der Waals surface area contributed by atoms with E-state index in [2.05, 4.69) is 10.2 Å². The van der Waals surface area contributed by atoms with E-state index in [9.17, 15) is 4.39 Å². The van der Waals surface area contributed by atoms with Crippen LogP contribution in [-0.2, 0) is 19.4 Å². The fraction of sp³-hybridized carbons (Fsp3) is 0.385. The minimum Gasteiger partial charge on any atom is -0.326 e. The first kappa shape index (κ1) is 11.3. The summed E-state index contributed by atoms with van der Waals surface area (Å²) < 4.78 is 15.6. The lowest BCUT2D eigenvalue weighted by atomic mass is 10.1. The van der Waals surface area contributed by atoms with Crippen molar-refractivity contribution in [2.24, 2.45) is 5.73 Å². The molecule has 2 heterocycles. The van der Waals surface area contributed by atoms with Crippen molar-refractivity contribution in [2.45, 2.75) is 31.8 Å². The van der Waals surface area contributed by atoms with Crippen molar-refractivity contribution < 1.29 is 4.39 Å². The Kier molecular flexibility index (Phi) is 2.83. The topological polar surface area (TPSA) is 56.7 Å². The Labute approximate surface area is 105 Å². The molecule has 1 atom stereocenters. The number of halogens is 1. The zero-order valence-electron chi connectivity index (χ0n) is 10.0. The number of aryl methyl sites for hydroxylation is 1. The van der Waals surface area contributed by atoms with Gasteiger partial charge in [-0.2, -0.15) is 0 Å². The van der Waals surface area contributed by atoms with Gasteiger partial charge >= 0.3 is 0 Å². The molecule has 2 N–H and O–H groups in total. The highest BCUT2D eigenvalue weighted by Crippen LogP contribution is 2.17. The van der Waals surface area contributed by atoms with Crippen LogP contribution in [0.5, 0.6) is 0 Å². The molecule has 18 heavy (non-hydrogen) atoms. The van der Waals surface area contributed by atoms with Crippen molar-refractivity contribution in [1.82, 2.24) is 14.8 Å². The number of benzene rings is 1. The Morgan fingerprint density at radius 1 is 1.33 bits per heavy atom. The Balaban J connectivity index is 1.90. The number of aromatic nitrogens is 3. The third kappa shape index (κ3) is 2.01. The Morgan fingerprint density at radius 2 is 2.17 bits per heavy atom. The van der Waals surface area contributed by atoms with Crippen LogP contribution in [0.15, 0.2) is 24.3 Å². The summed E-state index contributed by atoms with van der Waals surface area (Å²) in [6.07, 6.45) is 2.26. The molecule has 1 unspecified atom stereocenters. The van der Waals surface area contributed by atoms with E-state index < -0.39 is 0 Å². The van der Waals surface area contributed by atoms with Crippen LogP contribution in [-0.4, -0.2) is 20.8 Å². The Hall–Kier alpha value is -1.75. The molecule has 94 valence electrons. The molecule has 0 amide bonds. The van der Waals surface area contributed by atoms with Crippen molar-refractivity contribution in [2.75, 3.05) is 0 Å². The fourth-order valence-corrected chi connectivity index (χ4v) is 2.35. The Morgan fingerprint density at radius 3 is 3.00 bits per heavy atom. The van der Waals surface area contributed by atoms with Crippen LogP contribution >= 0.6 is 0 Å². The van der Waals surface area contributed by atoms with Crippen LogP contribution in [0, 0.1) is 5.82 Å². The second kappa shape index (κ2) is 4.49. The van der Waals surface area contributed by atoms with Gasteiger partial charge < -0.3 is 10.3 Å². The number of hydrogen-bond donors (Lipinski definition) is 1. The van der Waals surface area contributed by atoms with Gasteiger partial charge in [-0.1, -0.05) is 18.2 Å². The van der Waals surface area contributed by atoms with Crippen molar-refractivity contribution in [3.8, 4) is 0 Å². The molecule has 2 aromatic rings. The number of nitrogens with two attached hydrogens (primary N) is 1. The maximum absolute atomic E-state index is 13.6. The van der Waals surface area contributed by atoms with Crippen molar-refractivity contribution in [1.29, 1.82) is 0 Å². The van der Waals surface area contributed by atoms with E-state index >= 15 is 0 Å². The van der Waals surface area contributed by atoms with Crippen LogP contribution in [0.1, 0.15) is 23.6 Å². The van der Waals surface area contributed by atoms with E-state index in [0.29, 0.717) is 12.0 Å². The lowest BCUT2D eigenvalue weighted by Gasteiger charge is -2.20. The van der Waals surface area contributed by atoms with E-state index in [1.165, 1.54) is 6.07 Å². The molecular weight excluding hydrogens is 231 g/mol. The molecule has 0 radical (unpaired) electrons. The molecule has 4 nitrogen and oxygen atoms in total. The minimum absolute atomic E-state index is 0.146. The first-order chi connectivity index (χ1) is 8.74. The van der Waals surface area contributed by atoms with E-state index in [1.807, 2.05) is 10.6 Å². The van der Waals surface area contributed by atoms with Crippen LogP contribution in [0.2, 0.25) is 0 Å². The molecule has 1 aromatic carbocycles. The SMILES string of the molecule is NC1CCc2nnc(Cc3ccccc3F)n2C1. The van der Waals surface area contributed by atoms with Gasteiger partial charge in [0.25, 0.3) is 0 Å². The zero-order chi connectivity index (χ0) is 12.5. The van der Waals surface area contributed by atoms with Gasteiger partial charge in [-0.15, -0.1) is 10.2 Å². The molecule has 1 aliphatic heterocycles. The first-order valence-corrected chi connectivity index (χ1v) is 6.14. The normalized spacial score (nSPS) is 18.7. The summed E-state index contributed by atoms with van der Waals surface area (Å²) in [5.41, 5.74) is 6.60. The maximum Gasteiger partial charge on any atom is 0.137 e. The lowest BCUT2D eigenvalue weighted by Crippen LogP contribution is -2.32. The van der Waals surface area contributed by atoms with E-state index in [0.717, 1.165) is 31.0 Å². The molecule has 0 saturated carbocycles. The third-order valence-electron chi connectivity index (χ3n) is 3.37. The summed E-state index contributed by atoms with van der Waals surface area (Å²) in [4.78, 5) is 0. The van der Waals surface area contributed by atoms with Crippen LogP contribution < -0.4 is 5.73 Å². The molecular formula is C13H15FN4. The minimum atomic E-state index is -0.199. The van der Waals surface area contributed by atoms with Gasteiger partial charge in [-0.25, -0.2) is 4.39 Å². The van der Waals surface area contributed by atoms with Gasteiger partial charge in [0.05, 0.1) is 0 Å². The van der Waals surface area contributed by atoms with Gasteiger partial charge in [-0.3, -0.25) is 0 Å². The molecule has 1 aliphatic rings. The Bertz CT molecular complexity index is 564.